The second-order valence-corrected chi connectivity index (χ2v) is 7.55. The molecule has 1 amide bonds. The monoisotopic (exact) mass is 393 g/mol. The molecule has 0 fully saturated rings. The topological polar surface area (TPSA) is 64.1 Å². The fourth-order valence-electron chi connectivity index (χ4n) is 2.37. The zero-order valence-corrected chi connectivity index (χ0v) is 17.0. The minimum absolute atomic E-state index is 0.0870. The van der Waals surface area contributed by atoms with Gasteiger partial charge in [-0.05, 0) is 56.7 Å². The number of benzene rings is 2. The highest BCUT2D eigenvalue weighted by Gasteiger charge is 2.12. The Kier molecular flexibility index (Phi) is 6.66. The molecule has 1 N–H and O–H groups in total. The molecule has 0 aliphatic carbocycles. The molecule has 0 spiro atoms. The minimum Gasteiger partial charge on any atom is -0.437 e. The number of carbonyl (C=O) groups is 1. The number of aryl methyl sites for hydroxylation is 1. The number of hydrogen-bond acceptors (Lipinski definition) is 5. The van der Waals surface area contributed by atoms with Gasteiger partial charge in [-0.25, -0.2) is 9.97 Å². The van der Waals surface area contributed by atoms with Crippen LogP contribution in [0.3, 0.4) is 0 Å². The van der Waals surface area contributed by atoms with E-state index in [1.807, 2.05) is 26.0 Å². The van der Waals surface area contributed by atoms with E-state index < -0.39 is 0 Å². The summed E-state index contributed by atoms with van der Waals surface area (Å²) >= 11 is 1.50. The SMILES string of the molecule is CCC(C)NC(=O)c1ccc(Oc2nccnc2Sc2ccc(C)cc2)cc1. The number of hydrogen-bond donors (Lipinski definition) is 1. The number of nitrogens with zero attached hydrogens (tertiary/aromatic N) is 2. The number of ether oxygens (including phenoxy) is 1. The molecule has 3 rings (SSSR count). The van der Waals surface area contributed by atoms with E-state index in [-0.39, 0.29) is 11.9 Å². The van der Waals surface area contributed by atoms with E-state index in [1.165, 1.54) is 17.3 Å². The number of aromatic nitrogens is 2. The number of carbonyl (C=O) groups excluding carboxylic acids is 1. The van der Waals surface area contributed by atoms with Crippen LogP contribution in [0.4, 0.5) is 0 Å². The summed E-state index contributed by atoms with van der Waals surface area (Å²) in [4.78, 5) is 22.0. The smallest absolute Gasteiger partial charge is 0.252 e. The van der Waals surface area contributed by atoms with Gasteiger partial charge >= 0.3 is 0 Å². The zero-order chi connectivity index (χ0) is 19.9. The average molecular weight is 394 g/mol. The highest BCUT2D eigenvalue weighted by Crippen LogP contribution is 2.33. The Morgan fingerprint density at radius 1 is 1.07 bits per heavy atom. The molecule has 0 radical (unpaired) electrons. The summed E-state index contributed by atoms with van der Waals surface area (Å²) in [6, 6.07) is 15.4. The second-order valence-electron chi connectivity index (χ2n) is 6.49. The molecule has 0 saturated carbocycles. The van der Waals surface area contributed by atoms with Gasteiger partial charge in [0.25, 0.3) is 11.8 Å². The maximum atomic E-state index is 12.2. The van der Waals surface area contributed by atoms with Crippen LogP contribution >= 0.6 is 11.8 Å². The van der Waals surface area contributed by atoms with Crippen molar-refractivity contribution in [2.45, 2.75) is 43.2 Å². The van der Waals surface area contributed by atoms with Crippen LogP contribution in [-0.2, 0) is 0 Å². The Morgan fingerprint density at radius 3 is 2.43 bits per heavy atom. The van der Waals surface area contributed by atoms with Crippen molar-refractivity contribution in [3.8, 4) is 11.6 Å². The van der Waals surface area contributed by atoms with Gasteiger partial charge in [0.1, 0.15) is 5.75 Å². The standard InChI is InChI=1S/C22H23N3O2S/c1-4-16(3)25-20(26)17-7-9-18(10-8-17)27-21-22(24-14-13-23-21)28-19-11-5-15(2)6-12-19/h5-14,16H,4H2,1-3H3,(H,25,26). The summed E-state index contributed by atoms with van der Waals surface area (Å²) < 4.78 is 5.92. The third-order valence-electron chi connectivity index (χ3n) is 4.19. The molecule has 0 aliphatic rings. The molecule has 1 aromatic heterocycles. The van der Waals surface area contributed by atoms with Crippen LogP contribution < -0.4 is 10.1 Å². The van der Waals surface area contributed by atoms with Crippen molar-refractivity contribution in [1.29, 1.82) is 0 Å². The van der Waals surface area contributed by atoms with Crippen LogP contribution in [0.5, 0.6) is 11.6 Å². The lowest BCUT2D eigenvalue weighted by Crippen LogP contribution is -2.31. The summed E-state index contributed by atoms with van der Waals surface area (Å²) in [5, 5.41) is 3.64. The first-order chi connectivity index (χ1) is 13.5. The van der Waals surface area contributed by atoms with Crippen molar-refractivity contribution in [2.75, 3.05) is 0 Å². The van der Waals surface area contributed by atoms with E-state index in [2.05, 4.69) is 34.3 Å². The van der Waals surface area contributed by atoms with Gasteiger partial charge in [-0.15, -0.1) is 0 Å². The van der Waals surface area contributed by atoms with Crippen molar-refractivity contribution in [2.24, 2.45) is 0 Å². The molecule has 0 aliphatic heterocycles. The summed E-state index contributed by atoms with van der Waals surface area (Å²) in [5.41, 5.74) is 1.80. The first kappa shape index (κ1) is 19.9. The Labute approximate surface area is 169 Å². The van der Waals surface area contributed by atoms with Crippen LogP contribution in [-0.4, -0.2) is 21.9 Å². The van der Waals surface area contributed by atoms with Crippen molar-refractivity contribution in [3.63, 3.8) is 0 Å². The maximum absolute atomic E-state index is 12.2. The molecule has 28 heavy (non-hydrogen) atoms. The lowest BCUT2D eigenvalue weighted by atomic mass is 10.2. The molecule has 1 heterocycles. The van der Waals surface area contributed by atoms with E-state index in [0.717, 1.165) is 11.3 Å². The van der Waals surface area contributed by atoms with Gasteiger partial charge in [-0.3, -0.25) is 4.79 Å². The van der Waals surface area contributed by atoms with Crippen LogP contribution in [0, 0.1) is 6.92 Å². The summed E-state index contributed by atoms with van der Waals surface area (Å²) in [7, 11) is 0. The van der Waals surface area contributed by atoms with Crippen molar-refractivity contribution < 1.29 is 9.53 Å². The lowest BCUT2D eigenvalue weighted by Gasteiger charge is -2.12. The Morgan fingerprint density at radius 2 is 1.75 bits per heavy atom. The van der Waals surface area contributed by atoms with Gasteiger partial charge in [-0.2, -0.15) is 0 Å². The van der Waals surface area contributed by atoms with E-state index >= 15 is 0 Å². The molecular formula is C22H23N3O2S. The van der Waals surface area contributed by atoms with Gasteiger partial charge in [0.2, 0.25) is 0 Å². The lowest BCUT2D eigenvalue weighted by molar-refractivity contribution is 0.0939. The minimum atomic E-state index is -0.0870. The highest BCUT2D eigenvalue weighted by atomic mass is 32.2. The number of rotatable bonds is 7. The maximum Gasteiger partial charge on any atom is 0.252 e. The van der Waals surface area contributed by atoms with Crippen molar-refractivity contribution in [3.05, 3.63) is 72.1 Å². The van der Waals surface area contributed by atoms with E-state index in [9.17, 15) is 4.79 Å². The summed E-state index contributed by atoms with van der Waals surface area (Å²) in [5.74, 6) is 0.951. The first-order valence-corrected chi connectivity index (χ1v) is 10.0. The molecule has 144 valence electrons. The van der Waals surface area contributed by atoms with E-state index in [0.29, 0.717) is 22.2 Å². The summed E-state index contributed by atoms with van der Waals surface area (Å²) in [6.07, 6.45) is 4.13. The molecule has 0 bridgehead atoms. The molecule has 0 saturated heterocycles. The predicted octanol–water partition coefficient (Wildman–Crippen LogP) is 5.26. The molecule has 6 heteroatoms. The largest absolute Gasteiger partial charge is 0.437 e. The first-order valence-electron chi connectivity index (χ1n) is 9.19. The van der Waals surface area contributed by atoms with Crippen LogP contribution in [0.25, 0.3) is 0 Å². The Balaban J connectivity index is 1.71. The average Bonchev–Trinajstić information content (AvgIpc) is 2.71. The second kappa shape index (κ2) is 9.37. The fourth-order valence-corrected chi connectivity index (χ4v) is 3.16. The molecule has 5 nitrogen and oxygen atoms in total. The summed E-state index contributed by atoms with van der Waals surface area (Å²) in [6.45, 7) is 6.07. The van der Waals surface area contributed by atoms with Gasteiger partial charge in [0, 0.05) is 28.9 Å². The highest BCUT2D eigenvalue weighted by molar-refractivity contribution is 7.99. The van der Waals surface area contributed by atoms with E-state index in [4.69, 9.17) is 4.74 Å². The van der Waals surface area contributed by atoms with Gasteiger partial charge < -0.3 is 10.1 Å². The quantitative estimate of drug-likeness (QED) is 0.593. The van der Waals surface area contributed by atoms with Gasteiger partial charge in [-0.1, -0.05) is 36.4 Å². The Bertz CT molecular complexity index is 927. The number of nitrogens with one attached hydrogen (secondary N) is 1. The van der Waals surface area contributed by atoms with Crippen molar-refractivity contribution >= 4 is 17.7 Å². The predicted molar refractivity (Wildman–Crippen MR) is 111 cm³/mol. The number of amides is 1. The van der Waals surface area contributed by atoms with Crippen LogP contribution in [0.15, 0.2) is 70.8 Å². The van der Waals surface area contributed by atoms with Crippen LogP contribution in [0.1, 0.15) is 36.2 Å². The van der Waals surface area contributed by atoms with Crippen LogP contribution in [0.2, 0.25) is 0 Å². The molecular weight excluding hydrogens is 370 g/mol. The molecule has 3 aromatic rings. The third-order valence-corrected chi connectivity index (χ3v) is 5.17. The van der Waals surface area contributed by atoms with Gasteiger partial charge in [0.15, 0.2) is 5.03 Å². The Hall–Kier alpha value is -2.86. The molecule has 1 unspecified atom stereocenters. The normalized spacial score (nSPS) is 11.7. The van der Waals surface area contributed by atoms with Crippen molar-refractivity contribution in [1.82, 2.24) is 15.3 Å². The zero-order valence-electron chi connectivity index (χ0n) is 16.2. The van der Waals surface area contributed by atoms with Gasteiger partial charge in [0.05, 0.1) is 0 Å². The van der Waals surface area contributed by atoms with E-state index in [1.54, 1.807) is 36.7 Å². The molecule has 1 atom stereocenters. The molecule has 2 aromatic carbocycles. The fraction of sp³-hybridized carbons (Fsp3) is 0.227. The third kappa shape index (κ3) is 5.33.